The molecule has 4 rings (SSSR count). The van der Waals surface area contributed by atoms with Crippen LogP contribution in [0.25, 0.3) is 0 Å². The topological polar surface area (TPSA) is 70.2 Å². The fourth-order valence-corrected chi connectivity index (χ4v) is 5.73. The Labute approximate surface area is 223 Å². The van der Waals surface area contributed by atoms with E-state index in [1.165, 1.54) is 5.56 Å². The van der Waals surface area contributed by atoms with Crippen molar-refractivity contribution >= 4 is 29.2 Å². The van der Waals surface area contributed by atoms with E-state index in [2.05, 4.69) is 39.2 Å². The number of anilines is 1. The van der Waals surface area contributed by atoms with Crippen LogP contribution in [-0.2, 0) is 16.1 Å². The zero-order chi connectivity index (χ0) is 26.1. The van der Waals surface area contributed by atoms with Crippen molar-refractivity contribution in [2.45, 2.75) is 74.1 Å². The highest BCUT2D eigenvalue weighted by molar-refractivity contribution is 7.98. The molecule has 9 heteroatoms. The number of quaternary nitrogens is 1. The highest BCUT2D eigenvalue weighted by Gasteiger charge is 2.39. The summed E-state index contributed by atoms with van der Waals surface area (Å²) in [6.07, 6.45) is 5.15. The minimum atomic E-state index is -1.77. The van der Waals surface area contributed by atoms with Crippen LogP contribution < -0.4 is 15.5 Å². The van der Waals surface area contributed by atoms with Crippen molar-refractivity contribution in [2.75, 3.05) is 32.1 Å². The number of alkyl halides is 2. The average Bonchev–Trinajstić information content (AvgIpc) is 2.89. The van der Waals surface area contributed by atoms with Crippen molar-refractivity contribution in [1.29, 1.82) is 0 Å². The van der Waals surface area contributed by atoms with Crippen LogP contribution in [0.5, 0.6) is 0 Å². The Morgan fingerprint density at radius 3 is 2.62 bits per heavy atom. The van der Waals surface area contributed by atoms with E-state index in [1.54, 1.807) is 12.6 Å². The molecule has 1 amide bonds. The zero-order valence-electron chi connectivity index (χ0n) is 21.6. The highest BCUT2D eigenvalue weighted by Crippen LogP contribution is 2.33. The van der Waals surface area contributed by atoms with Gasteiger partial charge in [-0.05, 0) is 74.6 Å². The van der Waals surface area contributed by atoms with Gasteiger partial charge in [0.1, 0.15) is 6.17 Å². The number of benzene rings is 2. The number of rotatable bonds is 13. The molecule has 0 spiro atoms. The number of hydrogen-bond donors (Lipinski definition) is 3. The van der Waals surface area contributed by atoms with E-state index in [0.717, 1.165) is 73.3 Å². The first-order chi connectivity index (χ1) is 17.9. The van der Waals surface area contributed by atoms with E-state index in [1.807, 2.05) is 24.3 Å². The number of hydrogen-bond acceptors (Lipinski definition) is 5. The predicted octanol–water partition coefficient (Wildman–Crippen LogP) is 4.70. The maximum Gasteiger partial charge on any atom is 0.267 e. The molecule has 2 fully saturated rings. The standard InChI is InChI=1S/C28H38F2N4O2S/c1-36-32-26-18-24(37-33-27(35)28(30)15-6-3-7-16-28)12-13-25(26)31-23(14-17-34-19-22(29)20-34)11-10-21-8-4-2-5-9-21/h2,4-5,8-9,12-13,18,22-23,31-32H,3,6-7,10-11,14-17,19-20H2,1H3,(H,33,35)/p+1. The Kier molecular flexibility index (Phi) is 10.2. The van der Waals surface area contributed by atoms with Gasteiger partial charge in [-0.25, -0.2) is 13.6 Å². The lowest BCUT2D eigenvalue weighted by Gasteiger charge is -2.35. The van der Waals surface area contributed by atoms with Crippen molar-refractivity contribution in [2.24, 2.45) is 0 Å². The zero-order valence-corrected chi connectivity index (χ0v) is 22.4. The molecule has 1 saturated carbocycles. The van der Waals surface area contributed by atoms with Gasteiger partial charge in [-0.1, -0.05) is 36.8 Å². The summed E-state index contributed by atoms with van der Waals surface area (Å²) >= 11 is 1.14. The van der Waals surface area contributed by atoms with Gasteiger partial charge < -0.3 is 5.32 Å². The molecule has 6 nitrogen and oxygen atoms in total. The van der Waals surface area contributed by atoms with Gasteiger partial charge in [-0.3, -0.25) is 14.4 Å². The molecule has 0 aromatic heterocycles. The summed E-state index contributed by atoms with van der Waals surface area (Å²) in [6.45, 7) is 1.89. The Balaban J connectivity index is 1.39. The number of aryl methyl sites for hydroxylation is 1. The molecular weight excluding hydrogens is 494 g/mol. The summed E-state index contributed by atoms with van der Waals surface area (Å²) in [5.74, 6) is -0.542. The molecule has 37 heavy (non-hydrogen) atoms. The van der Waals surface area contributed by atoms with E-state index >= 15 is 0 Å². The van der Waals surface area contributed by atoms with Gasteiger partial charge in [-0.2, -0.15) is 5.48 Å². The van der Waals surface area contributed by atoms with Crippen molar-refractivity contribution in [3.05, 3.63) is 54.1 Å². The SMILES string of the molecule is CO[NH2+]c1cc(SNC(=O)C2(F)CCCCC2)ccc1NC(CCc1ccccc1)CCN1CC(F)C1. The molecule has 1 unspecified atom stereocenters. The maximum atomic E-state index is 15.0. The van der Waals surface area contributed by atoms with Crippen LogP contribution in [0, 0.1) is 0 Å². The first-order valence-electron chi connectivity index (χ1n) is 13.3. The second-order valence-electron chi connectivity index (χ2n) is 10.2. The normalized spacial score (nSPS) is 18.7. The summed E-state index contributed by atoms with van der Waals surface area (Å²) in [4.78, 5) is 20.8. The predicted molar refractivity (Wildman–Crippen MR) is 144 cm³/mol. The largest absolute Gasteiger partial charge is 0.377 e. The van der Waals surface area contributed by atoms with Gasteiger partial charge in [0.05, 0.1) is 12.8 Å². The molecule has 2 aromatic rings. The van der Waals surface area contributed by atoms with Gasteiger partial charge in [-0.15, -0.1) is 0 Å². The maximum absolute atomic E-state index is 15.0. The van der Waals surface area contributed by atoms with E-state index in [0.29, 0.717) is 25.9 Å². The summed E-state index contributed by atoms with van der Waals surface area (Å²) < 4.78 is 31.0. The van der Waals surface area contributed by atoms with Crippen LogP contribution in [0.4, 0.5) is 20.2 Å². The number of likely N-dealkylation sites (tertiary alicyclic amines) is 1. The lowest BCUT2D eigenvalue weighted by atomic mass is 9.86. The third kappa shape index (κ3) is 8.14. The Hall–Kier alpha value is -2.20. The molecule has 2 aromatic carbocycles. The van der Waals surface area contributed by atoms with Gasteiger partial charge in [0.15, 0.2) is 11.4 Å². The van der Waals surface area contributed by atoms with Crippen molar-refractivity contribution in [3.63, 3.8) is 0 Å². The molecule has 1 aliphatic heterocycles. The van der Waals surface area contributed by atoms with Crippen LogP contribution in [0.2, 0.25) is 0 Å². The van der Waals surface area contributed by atoms with Crippen molar-refractivity contribution in [1.82, 2.24) is 9.62 Å². The van der Waals surface area contributed by atoms with Crippen LogP contribution in [-0.4, -0.2) is 55.4 Å². The van der Waals surface area contributed by atoms with Gasteiger partial charge in [0.25, 0.3) is 5.91 Å². The van der Waals surface area contributed by atoms with Crippen LogP contribution >= 0.6 is 11.9 Å². The van der Waals surface area contributed by atoms with Crippen LogP contribution in [0.15, 0.2) is 53.4 Å². The molecule has 0 bridgehead atoms. The van der Waals surface area contributed by atoms with E-state index in [9.17, 15) is 13.6 Å². The minimum absolute atomic E-state index is 0.193. The summed E-state index contributed by atoms with van der Waals surface area (Å²) in [5.41, 5.74) is 2.97. The lowest BCUT2D eigenvalue weighted by Crippen LogP contribution is -2.76. The molecule has 1 saturated heterocycles. The fourth-order valence-electron chi connectivity index (χ4n) is 5.02. The second kappa shape index (κ2) is 13.6. The van der Waals surface area contributed by atoms with Gasteiger partial charge >= 0.3 is 0 Å². The first-order valence-corrected chi connectivity index (χ1v) is 14.1. The Morgan fingerprint density at radius 1 is 1.16 bits per heavy atom. The molecule has 1 aliphatic carbocycles. The Morgan fingerprint density at radius 2 is 1.92 bits per heavy atom. The summed E-state index contributed by atoms with van der Waals surface area (Å²) in [7, 11) is 1.60. The first kappa shape index (κ1) is 27.8. The number of amides is 1. The van der Waals surface area contributed by atoms with E-state index in [-0.39, 0.29) is 6.04 Å². The number of carbonyl (C=O) groups excluding carboxylic acids is 1. The van der Waals surface area contributed by atoms with Gasteiger partial charge in [0.2, 0.25) is 0 Å². The number of carbonyl (C=O) groups is 1. The van der Waals surface area contributed by atoms with Crippen molar-refractivity contribution < 1.29 is 23.9 Å². The number of nitrogens with two attached hydrogens (primary N) is 1. The lowest BCUT2D eigenvalue weighted by molar-refractivity contribution is -0.829. The number of nitrogens with zero attached hydrogens (tertiary/aromatic N) is 1. The van der Waals surface area contributed by atoms with E-state index < -0.39 is 17.7 Å². The smallest absolute Gasteiger partial charge is 0.267 e. The van der Waals surface area contributed by atoms with Gasteiger partial charge in [0, 0.05) is 36.6 Å². The van der Waals surface area contributed by atoms with Crippen LogP contribution in [0.1, 0.15) is 50.5 Å². The third-order valence-electron chi connectivity index (χ3n) is 7.27. The number of nitrogens with one attached hydrogen (secondary N) is 2. The number of halogens is 2. The molecule has 1 heterocycles. The van der Waals surface area contributed by atoms with Crippen molar-refractivity contribution in [3.8, 4) is 0 Å². The third-order valence-corrected chi connectivity index (χ3v) is 8.05. The molecule has 202 valence electrons. The molecule has 2 aliphatic rings. The molecule has 0 radical (unpaired) electrons. The van der Waals surface area contributed by atoms with Crippen LogP contribution in [0.3, 0.4) is 0 Å². The second-order valence-corrected chi connectivity index (χ2v) is 11.1. The Bertz CT molecular complexity index is 1000. The minimum Gasteiger partial charge on any atom is -0.377 e. The van der Waals surface area contributed by atoms with E-state index in [4.69, 9.17) is 4.84 Å². The molecular formula is C28H39F2N4O2S+. The summed E-state index contributed by atoms with van der Waals surface area (Å²) in [5, 5.41) is 3.68. The summed E-state index contributed by atoms with van der Waals surface area (Å²) in [6, 6.07) is 16.4. The molecule has 1 atom stereocenters. The quantitative estimate of drug-likeness (QED) is 0.198. The fraction of sp³-hybridized carbons (Fsp3) is 0.536. The molecule has 4 N–H and O–H groups in total. The monoisotopic (exact) mass is 533 g/mol. The average molecular weight is 534 g/mol. The highest BCUT2D eigenvalue weighted by atomic mass is 32.2.